The molecule has 1 aromatic heterocycles. The largest absolute Gasteiger partial charge is 0.373 e. The van der Waals surface area contributed by atoms with Crippen molar-refractivity contribution >= 4 is 16.7 Å². The molecule has 2 saturated heterocycles. The van der Waals surface area contributed by atoms with E-state index in [2.05, 4.69) is 33.1 Å². The van der Waals surface area contributed by atoms with Crippen LogP contribution < -0.4 is 4.90 Å². The zero-order valence-electron chi connectivity index (χ0n) is 10.3. The van der Waals surface area contributed by atoms with E-state index in [4.69, 9.17) is 4.74 Å². The molecular weight excluding hydrogens is 236 g/mol. The second kappa shape index (κ2) is 4.51. The van der Waals surface area contributed by atoms with Gasteiger partial charge >= 0.3 is 0 Å². The number of anilines is 1. The van der Waals surface area contributed by atoms with E-state index in [1.807, 2.05) is 0 Å². The molecule has 3 rings (SSSR count). The maximum absolute atomic E-state index is 5.83. The van der Waals surface area contributed by atoms with Crippen molar-refractivity contribution in [3.8, 4) is 0 Å². The highest BCUT2D eigenvalue weighted by Crippen LogP contribution is 2.27. The molecule has 0 N–H and O–H groups in total. The molecule has 17 heavy (non-hydrogen) atoms. The van der Waals surface area contributed by atoms with Crippen molar-refractivity contribution in [3.63, 3.8) is 0 Å². The van der Waals surface area contributed by atoms with Crippen molar-refractivity contribution in [3.05, 3.63) is 5.82 Å². The van der Waals surface area contributed by atoms with Crippen LogP contribution in [0.25, 0.3) is 0 Å². The molecule has 94 valence electrons. The number of hydrogen-bond acceptors (Lipinski definition) is 6. The van der Waals surface area contributed by atoms with Gasteiger partial charge < -0.3 is 9.64 Å². The fourth-order valence-electron chi connectivity index (χ4n) is 2.53. The average Bonchev–Trinajstić information content (AvgIpc) is 2.95. The van der Waals surface area contributed by atoms with E-state index in [9.17, 15) is 0 Å². The van der Waals surface area contributed by atoms with Crippen LogP contribution in [0.1, 0.15) is 12.7 Å². The van der Waals surface area contributed by atoms with Crippen LogP contribution in [0.3, 0.4) is 0 Å². The van der Waals surface area contributed by atoms with Gasteiger partial charge in [-0.1, -0.05) is 6.92 Å². The first-order valence-electron chi connectivity index (χ1n) is 6.17. The van der Waals surface area contributed by atoms with Crippen LogP contribution >= 0.6 is 11.5 Å². The third kappa shape index (κ3) is 2.05. The molecule has 0 amide bonds. The monoisotopic (exact) mass is 254 g/mol. The molecule has 2 unspecified atom stereocenters. The number of rotatable bonds is 2. The Balaban J connectivity index is 1.74. The lowest BCUT2D eigenvalue weighted by Crippen LogP contribution is -2.48. The van der Waals surface area contributed by atoms with E-state index < -0.39 is 0 Å². The summed E-state index contributed by atoms with van der Waals surface area (Å²) in [5.74, 6) is 0.953. The Morgan fingerprint density at radius 2 is 2.35 bits per heavy atom. The maximum Gasteiger partial charge on any atom is 0.205 e. The molecule has 0 aromatic carbocycles. The van der Waals surface area contributed by atoms with Crippen LogP contribution in [-0.4, -0.2) is 59.7 Å². The van der Waals surface area contributed by atoms with Crippen molar-refractivity contribution in [1.29, 1.82) is 0 Å². The molecule has 2 aliphatic heterocycles. The van der Waals surface area contributed by atoms with Gasteiger partial charge in [-0.05, 0) is 7.05 Å². The number of ether oxygens (including phenoxy) is 1. The fourth-order valence-corrected chi connectivity index (χ4v) is 3.30. The topological polar surface area (TPSA) is 41.5 Å². The minimum absolute atomic E-state index is 0.336. The number of aryl methyl sites for hydroxylation is 1. The van der Waals surface area contributed by atoms with Crippen LogP contribution in [0.2, 0.25) is 0 Å². The second-order valence-electron chi connectivity index (χ2n) is 4.71. The molecule has 0 saturated carbocycles. The summed E-state index contributed by atoms with van der Waals surface area (Å²) in [4.78, 5) is 9.27. The summed E-state index contributed by atoms with van der Waals surface area (Å²) < 4.78 is 10.2. The minimum Gasteiger partial charge on any atom is -0.373 e. The van der Waals surface area contributed by atoms with Gasteiger partial charge in [0.15, 0.2) is 0 Å². The van der Waals surface area contributed by atoms with Gasteiger partial charge in [0, 0.05) is 37.6 Å². The minimum atomic E-state index is 0.336. The zero-order chi connectivity index (χ0) is 11.8. The molecular formula is C11H18N4OS. The Hall–Kier alpha value is -0.720. The number of hydrogen-bond donors (Lipinski definition) is 0. The summed E-state index contributed by atoms with van der Waals surface area (Å²) in [6.45, 7) is 5.94. The van der Waals surface area contributed by atoms with Gasteiger partial charge in [-0.2, -0.15) is 4.37 Å². The first kappa shape index (κ1) is 11.4. The third-order valence-electron chi connectivity index (χ3n) is 3.62. The molecule has 0 spiro atoms. The summed E-state index contributed by atoms with van der Waals surface area (Å²) in [5, 5.41) is 1.05. The molecule has 6 heteroatoms. The molecule has 2 fully saturated rings. The second-order valence-corrected chi connectivity index (χ2v) is 5.44. The van der Waals surface area contributed by atoms with Gasteiger partial charge in [-0.15, -0.1) is 0 Å². The molecule has 5 nitrogen and oxygen atoms in total. The lowest BCUT2D eigenvalue weighted by molar-refractivity contribution is -0.0362. The number of aromatic nitrogens is 2. The van der Waals surface area contributed by atoms with E-state index >= 15 is 0 Å². The lowest BCUT2D eigenvalue weighted by atomic mass is 10.1. The predicted octanol–water partition coefficient (Wildman–Crippen LogP) is 0.620. The van der Waals surface area contributed by atoms with Crippen LogP contribution in [0.15, 0.2) is 0 Å². The molecule has 3 heterocycles. The standard InChI is InChI=1S/C11H18N4OS/c1-3-10-12-11(17-13-10)15-6-8-9(7-15)16-5-4-14(8)2/h8-9H,3-7H2,1-2H3. The highest BCUT2D eigenvalue weighted by Gasteiger charge is 2.39. The van der Waals surface area contributed by atoms with Gasteiger partial charge in [0.2, 0.25) is 5.13 Å². The third-order valence-corrected chi connectivity index (χ3v) is 4.44. The fraction of sp³-hybridized carbons (Fsp3) is 0.818. The quantitative estimate of drug-likeness (QED) is 0.774. The molecule has 0 radical (unpaired) electrons. The summed E-state index contributed by atoms with van der Waals surface area (Å²) in [7, 11) is 2.18. The van der Waals surface area contributed by atoms with Crippen molar-refractivity contribution in [2.24, 2.45) is 0 Å². The summed E-state index contributed by atoms with van der Waals surface area (Å²) in [6, 6.07) is 0.512. The van der Waals surface area contributed by atoms with Crippen LogP contribution in [-0.2, 0) is 11.2 Å². The van der Waals surface area contributed by atoms with Crippen molar-refractivity contribution < 1.29 is 4.74 Å². The number of nitrogens with zero attached hydrogens (tertiary/aromatic N) is 4. The highest BCUT2D eigenvalue weighted by molar-refractivity contribution is 7.09. The first-order chi connectivity index (χ1) is 8.28. The van der Waals surface area contributed by atoms with Crippen LogP contribution in [0.5, 0.6) is 0 Å². The van der Waals surface area contributed by atoms with E-state index in [0.717, 1.165) is 43.6 Å². The van der Waals surface area contributed by atoms with Gasteiger partial charge in [-0.25, -0.2) is 4.98 Å². The Morgan fingerprint density at radius 3 is 3.06 bits per heavy atom. The van der Waals surface area contributed by atoms with E-state index in [1.54, 1.807) is 0 Å². The SMILES string of the molecule is CCc1nsc(N2CC3OCCN(C)C3C2)n1. The van der Waals surface area contributed by atoms with Crippen molar-refractivity contribution in [2.45, 2.75) is 25.5 Å². The molecule has 2 atom stereocenters. The van der Waals surface area contributed by atoms with Gasteiger partial charge in [0.25, 0.3) is 0 Å². The summed E-state index contributed by atoms with van der Waals surface area (Å²) >= 11 is 1.51. The summed E-state index contributed by atoms with van der Waals surface area (Å²) in [5.41, 5.74) is 0. The van der Waals surface area contributed by atoms with Gasteiger partial charge in [0.1, 0.15) is 5.82 Å². The number of likely N-dealkylation sites (N-methyl/N-ethyl adjacent to an activating group) is 1. The Morgan fingerprint density at radius 1 is 1.47 bits per heavy atom. The average molecular weight is 254 g/mol. The summed E-state index contributed by atoms with van der Waals surface area (Å²) in [6.07, 6.45) is 1.25. The van der Waals surface area contributed by atoms with E-state index in [0.29, 0.717) is 12.1 Å². The number of morpholine rings is 1. The van der Waals surface area contributed by atoms with Crippen molar-refractivity contribution in [1.82, 2.24) is 14.3 Å². The predicted molar refractivity (Wildman–Crippen MR) is 67.7 cm³/mol. The molecule has 0 bridgehead atoms. The van der Waals surface area contributed by atoms with Crippen LogP contribution in [0, 0.1) is 0 Å². The highest BCUT2D eigenvalue weighted by atomic mass is 32.1. The molecule has 2 aliphatic rings. The lowest BCUT2D eigenvalue weighted by Gasteiger charge is -2.33. The van der Waals surface area contributed by atoms with Crippen LogP contribution in [0.4, 0.5) is 5.13 Å². The zero-order valence-corrected chi connectivity index (χ0v) is 11.1. The number of fused-ring (bicyclic) bond motifs is 1. The maximum atomic E-state index is 5.83. The Labute approximate surface area is 106 Å². The smallest absolute Gasteiger partial charge is 0.205 e. The normalized spacial score (nSPS) is 29.6. The molecule has 1 aromatic rings. The first-order valence-corrected chi connectivity index (χ1v) is 6.94. The van der Waals surface area contributed by atoms with Gasteiger partial charge in [0.05, 0.1) is 18.8 Å². The molecule has 0 aliphatic carbocycles. The van der Waals surface area contributed by atoms with E-state index in [1.165, 1.54) is 11.5 Å². The Kier molecular flexibility index (Phi) is 3.02. The van der Waals surface area contributed by atoms with Crippen molar-refractivity contribution in [2.75, 3.05) is 38.2 Å². The van der Waals surface area contributed by atoms with E-state index in [-0.39, 0.29) is 0 Å². The van der Waals surface area contributed by atoms with Gasteiger partial charge in [-0.3, -0.25) is 4.90 Å². The Bertz CT molecular complexity index is 397.